The number of alkyl halides is 4. The van der Waals surface area contributed by atoms with E-state index in [4.69, 9.17) is 77.6 Å². The number of halogens is 5. The first-order chi connectivity index (χ1) is 49.7. The summed E-state index contributed by atoms with van der Waals surface area (Å²) in [5.74, 6) is -1.66. The van der Waals surface area contributed by atoms with Crippen LogP contribution in [0.2, 0.25) is 0 Å². The maximum absolute atomic E-state index is 12.1. The number of hydrogen-bond acceptors (Lipinski definition) is 28. The Hall–Kier alpha value is -4.12. The maximum atomic E-state index is 12.1. The molecule has 7 saturated heterocycles. The van der Waals surface area contributed by atoms with Crippen LogP contribution < -0.4 is 64.8 Å². The molecule has 0 saturated carbocycles. The zero-order chi connectivity index (χ0) is 82.7. The van der Waals surface area contributed by atoms with Crippen molar-refractivity contribution >= 4 is 82.1 Å². The van der Waals surface area contributed by atoms with Crippen LogP contribution in [0.5, 0.6) is 0 Å². The Balaban J connectivity index is -0.000000150. The number of amides is 2. The fraction of sp³-hybridized carbons (Fsp3) is 0.857. The molecule has 7 fully saturated rings. The summed E-state index contributed by atoms with van der Waals surface area (Å²) in [6, 6.07) is 0. The van der Waals surface area contributed by atoms with E-state index in [2.05, 4.69) is 77.6 Å². The van der Waals surface area contributed by atoms with Crippen LogP contribution >= 0.6 is 19.5 Å². The van der Waals surface area contributed by atoms with Gasteiger partial charge in [0.1, 0.15) is 29.0 Å². The summed E-state index contributed by atoms with van der Waals surface area (Å²) in [5, 5.41) is 38.3. The van der Waals surface area contributed by atoms with Crippen LogP contribution in [0.3, 0.4) is 0 Å². The molecular weight excluding hydrogens is 1540 g/mol. The molecule has 0 aromatic carbocycles. The van der Waals surface area contributed by atoms with E-state index in [-0.39, 0.29) is 122 Å². The fourth-order valence-corrected chi connectivity index (χ4v) is 10.3. The molecule has 0 radical (unpaired) electrons. The zero-order valence-electron chi connectivity index (χ0n) is 66.3. The van der Waals surface area contributed by atoms with Gasteiger partial charge >= 0.3 is 87.6 Å². The molecule has 0 aromatic rings. The van der Waals surface area contributed by atoms with Crippen molar-refractivity contribution in [1.82, 2.24) is 10.6 Å². The van der Waals surface area contributed by atoms with Crippen LogP contribution in [-0.2, 0) is 90.4 Å². The molecule has 7 aliphatic heterocycles. The molecular formula is C63H117ClF4LiN9NaO28PS. The van der Waals surface area contributed by atoms with Crippen LogP contribution in [-0.4, -0.2) is 272 Å². The quantitative estimate of drug-likeness (QED) is 0.00891. The number of Topliss-reactive ketones (excluding diaryl/α,β-unsaturated/α-hetero) is 5. The van der Waals surface area contributed by atoms with Crippen LogP contribution in [0.15, 0.2) is 5.11 Å². The third kappa shape index (κ3) is 52.1. The number of aliphatic hydroxyl groups is 1. The average molecular weight is 1650 g/mol. The summed E-state index contributed by atoms with van der Waals surface area (Å²) < 4.78 is 127. The Morgan fingerprint density at radius 2 is 0.908 bits per heavy atom. The van der Waals surface area contributed by atoms with E-state index in [0.717, 1.165) is 84.2 Å². The van der Waals surface area contributed by atoms with Crippen LogP contribution in [0, 0.1) is 0 Å². The molecule has 630 valence electrons. The first-order valence-electron chi connectivity index (χ1n) is 33.9. The van der Waals surface area contributed by atoms with Gasteiger partial charge < -0.3 is 96.0 Å². The maximum Gasteiger partial charge on any atom is 1.00 e. The summed E-state index contributed by atoms with van der Waals surface area (Å²) in [7, 11) is -2.59. The number of aliphatic hydroxyl groups excluding tert-OH is 1. The van der Waals surface area contributed by atoms with Crippen molar-refractivity contribution in [3.8, 4) is 0 Å². The fourth-order valence-electron chi connectivity index (χ4n) is 9.84. The number of aliphatic carboxylic acids is 1. The Labute approximate surface area is 677 Å². The topological polar surface area (TPSA) is 589 Å². The molecule has 0 aliphatic carbocycles. The van der Waals surface area contributed by atoms with E-state index >= 15 is 0 Å². The molecule has 7 atom stereocenters. The molecule has 0 aromatic heterocycles. The summed E-state index contributed by atoms with van der Waals surface area (Å²) in [6.45, 7) is 19.4. The van der Waals surface area contributed by atoms with Crippen LogP contribution in [0.4, 0.5) is 31.9 Å². The normalized spacial score (nSPS) is 23.9. The molecule has 7 heterocycles. The monoisotopic (exact) mass is 1650 g/mol. The van der Waals surface area contributed by atoms with E-state index in [1.165, 1.54) is 59.9 Å². The molecule has 37 nitrogen and oxygen atoms in total. The molecule has 109 heavy (non-hydrogen) atoms. The summed E-state index contributed by atoms with van der Waals surface area (Å²) in [6.07, 6.45) is 16.0. The van der Waals surface area contributed by atoms with Crippen molar-refractivity contribution in [2.75, 3.05) is 134 Å². The number of carbonyl (C=O) groups is 9. The van der Waals surface area contributed by atoms with Crippen molar-refractivity contribution in [3.63, 3.8) is 0 Å². The number of carbonyl (C=O) groups excluding carboxylic acids is 8. The molecule has 7 unspecified atom stereocenters. The van der Waals surface area contributed by atoms with E-state index in [1.807, 2.05) is 0 Å². The minimum absolute atomic E-state index is 0. The summed E-state index contributed by atoms with van der Waals surface area (Å²) in [4.78, 5) is 103. The van der Waals surface area contributed by atoms with Crippen molar-refractivity contribution in [2.24, 2.45) is 10.8 Å². The van der Waals surface area contributed by atoms with Gasteiger partial charge in [0.15, 0.2) is 40.1 Å². The zero-order valence-corrected chi connectivity index (χ0v) is 69.8. The Morgan fingerprint density at radius 3 is 1.11 bits per heavy atom. The third-order valence-electron chi connectivity index (χ3n) is 16.1. The van der Waals surface area contributed by atoms with Crippen molar-refractivity contribution in [2.45, 2.75) is 215 Å². The predicted molar refractivity (Wildman–Crippen MR) is 384 cm³/mol. The number of hydrogen-bond donors (Lipinski definition) is 7. The van der Waals surface area contributed by atoms with Gasteiger partial charge in [0.2, 0.25) is 0 Å². The summed E-state index contributed by atoms with van der Waals surface area (Å²) >= 11 is 4.60. The SMILES string of the molecule is CC(=O)C1(CN)CCCCO1.CC(=O)C1(CN=[N+]=[N-])CCCCO1.CC(=O)C1(CO)CCCCO1.CC(=O)C1(COS(=O)(=O)C(F)(F)F)CCCCO1.CC1CCCO1.COC(=O)Cl.COC(=O)NCC1(C(=O)O)CCCCO1.COC(=O)NCC1(C(C)=O)CCCCO1.CP(C)C.O.OO.[2H]CF.[Li+].[N-]=[N+]=[N-].[Na+].[OH-]. The van der Waals surface area contributed by atoms with Gasteiger partial charge in [-0.2, -0.15) is 21.6 Å². The summed E-state index contributed by atoms with van der Waals surface area (Å²) in [5.41, 5.74) is 14.9. The third-order valence-corrected chi connectivity index (χ3v) is 17.3. The number of rotatable bonds is 17. The molecule has 7 aliphatic rings. The van der Waals surface area contributed by atoms with Crippen molar-refractivity contribution in [3.05, 3.63) is 26.4 Å². The number of nitrogens with one attached hydrogen (secondary N) is 2. The minimum atomic E-state index is -5.70. The van der Waals surface area contributed by atoms with E-state index < -0.39 is 92.4 Å². The number of alkyl carbamates (subject to hydrolysis) is 2. The molecule has 7 rings (SSSR count). The predicted octanol–water partition coefficient (Wildman–Crippen LogP) is 3.43. The number of carboxylic acid groups (broad SMARTS) is 1. The van der Waals surface area contributed by atoms with Gasteiger partial charge in [-0.1, -0.05) is 5.11 Å². The Morgan fingerprint density at radius 1 is 0.615 bits per heavy atom. The van der Waals surface area contributed by atoms with Crippen LogP contribution in [0.1, 0.15) is 171 Å². The van der Waals surface area contributed by atoms with Crippen molar-refractivity contribution in [1.29, 1.82) is 0 Å². The minimum Gasteiger partial charge on any atom is -0.870 e. The number of nitrogens with two attached hydrogens (primary N) is 1. The van der Waals surface area contributed by atoms with Gasteiger partial charge in [0, 0.05) is 69.3 Å². The number of nitrogens with zero attached hydrogens (tertiary/aromatic N) is 6. The second kappa shape index (κ2) is 69.4. The standard InChI is InChI=1S/C10H17NO4.C9H13F3O5S.C9H15NO5.C8H13N3O2.C8H15NO2.C8H14O3.C5H10O.C3H9P.C2H3ClO2.CH3F.Li.N3.Na.H2O2.2H2O/c1-8(12)10(5-3-4-6-15-10)7-11-9(13)14-2;1-7(13)8(4-2-3-5-16-8)6-17-18(14,15)9(10,11)12;1-14-8(13)10-6-9(7(11)12)4-2-3-5-15-9;1-7(12)8(6-10-11-9)4-2-3-5-13-8;2*1-7(10)8(6-9)4-2-3-5-11-8;1-5-3-2-4-6-5;1-4(2)3;1-5-2(3)4;1-2;;1-3-2;;1-2;;/h3-7H2,1-2H3,(H,11,13);2-6H2,1H3;2-6H2,1H3,(H,10,13)(H,11,12);2-6H2,1H3;2-6,9H2,1H3;9H,2-6H2,1H3;5H,2-4H2,1H3;1-3H3;1H3;1H3;;;;1-2H;2*1H2/q;;;;;;;;;;+1;-1;+1;;;/p-1/i;;;;;;;;;1D;;;;;;. The molecule has 2 amide bonds. The van der Waals surface area contributed by atoms with Gasteiger partial charge in [-0.15, -0.1) is 7.92 Å². The number of azide groups is 1. The van der Waals surface area contributed by atoms with E-state index in [9.17, 15) is 69.1 Å². The Kier molecular flexibility index (Phi) is 76.8. The van der Waals surface area contributed by atoms with Gasteiger partial charge in [-0.25, -0.2) is 19.2 Å². The van der Waals surface area contributed by atoms with Gasteiger partial charge in [0.25, 0.3) is 0 Å². The van der Waals surface area contributed by atoms with E-state index in [0.29, 0.717) is 92.1 Å². The molecule has 0 bridgehead atoms. The molecule has 11 N–H and O–H groups in total. The number of ketones is 5. The Bertz CT molecular complexity index is 2620. The second-order valence-electron chi connectivity index (χ2n) is 24.2. The van der Waals surface area contributed by atoms with Gasteiger partial charge in [-0.05, 0) is 195 Å². The number of methoxy groups -OCH3 is 3. The first kappa shape index (κ1) is 121. The molecule has 0 spiro atoms. The largest absolute Gasteiger partial charge is 1.00 e. The van der Waals surface area contributed by atoms with Gasteiger partial charge in [-0.3, -0.25) is 48.0 Å². The number of ether oxygens (including phenoxy) is 10. The van der Waals surface area contributed by atoms with Gasteiger partial charge in [0.05, 0.1) is 62.2 Å². The van der Waals surface area contributed by atoms with Crippen molar-refractivity contribution < 1.29 is 202 Å². The second-order valence-corrected chi connectivity index (χ2v) is 28.8. The molecule has 46 heteroatoms. The van der Waals surface area contributed by atoms with E-state index in [1.54, 1.807) is 6.92 Å². The smallest absolute Gasteiger partial charge is 0.870 e. The number of carboxylic acids is 1. The first-order valence-corrected chi connectivity index (χ1v) is 37.7. The average Bonchev–Trinajstić information content (AvgIpc) is 1.14. The van der Waals surface area contributed by atoms with Crippen LogP contribution in [0.25, 0.3) is 26.4 Å².